The molecule has 43 heavy (non-hydrogen) atoms. The summed E-state index contributed by atoms with van der Waals surface area (Å²) in [7, 11) is -4.43. The predicted octanol–water partition coefficient (Wildman–Crippen LogP) is 3.68. The van der Waals surface area contributed by atoms with E-state index in [1.807, 2.05) is 6.92 Å². The number of rotatable bonds is 9. The van der Waals surface area contributed by atoms with Gasteiger partial charge >= 0.3 is 18.2 Å². The Morgan fingerprint density at radius 2 is 1.77 bits per heavy atom. The molecule has 1 atom stereocenters. The summed E-state index contributed by atoms with van der Waals surface area (Å²) in [5.74, 6) is -0.640. The van der Waals surface area contributed by atoms with E-state index in [-0.39, 0.29) is 34.3 Å². The molecule has 1 aliphatic heterocycles. The minimum atomic E-state index is -4.71. The third-order valence-electron chi connectivity index (χ3n) is 5.90. The monoisotopic (exact) mass is 626 g/mol. The smallest absolute Gasteiger partial charge is 0.435 e. The molecule has 1 N–H and O–H groups in total. The lowest BCUT2D eigenvalue weighted by Crippen LogP contribution is -2.56. The molecule has 0 aliphatic carbocycles. The Morgan fingerprint density at radius 3 is 2.35 bits per heavy atom. The number of alkyl halides is 3. The first-order valence-corrected chi connectivity index (χ1v) is 13.9. The highest BCUT2D eigenvalue weighted by atomic mass is 32.2. The van der Waals surface area contributed by atoms with E-state index in [0.717, 1.165) is 40.4 Å². The van der Waals surface area contributed by atoms with Gasteiger partial charge in [0, 0.05) is 19.4 Å². The second-order valence-electron chi connectivity index (χ2n) is 9.31. The van der Waals surface area contributed by atoms with Crippen molar-refractivity contribution in [3.8, 4) is 16.9 Å². The molecule has 1 saturated heterocycles. The maximum atomic E-state index is 13.4. The zero-order valence-corrected chi connectivity index (χ0v) is 23.6. The molecule has 2 heterocycles. The highest BCUT2D eigenvalue weighted by molar-refractivity contribution is 7.90. The van der Waals surface area contributed by atoms with E-state index in [2.05, 4.69) is 20.0 Å². The van der Waals surface area contributed by atoms with Gasteiger partial charge in [0.2, 0.25) is 5.28 Å². The van der Waals surface area contributed by atoms with Crippen molar-refractivity contribution in [1.29, 1.82) is 0 Å². The van der Waals surface area contributed by atoms with Gasteiger partial charge in [-0.25, -0.2) is 22.6 Å². The van der Waals surface area contributed by atoms with Crippen LogP contribution in [0.3, 0.4) is 0 Å². The first-order valence-electron chi connectivity index (χ1n) is 12.5. The van der Waals surface area contributed by atoms with E-state index in [4.69, 9.17) is 4.74 Å². The van der Waals surface area contributed by atoms with Crippen LogP contribution in [0.5, 0.6) is 0 Å². The molecule has 2 aromatic carbocycles. The van der Waals surface area contributed by atoms with Gasteiger partial charge in [-0.3, -0.25) is 9.63 Å². The quantitative estimate of drug-likeness (QED) is 0.122. The van der Waals surface area contributed by atoms with Gasteiger partial charge in [0.25, 0.3) is 16.3 Å². The lowest BCUT2D eigenvalue weighted by Gasteiger charge is -2.33. The van der Waals surface area contributed by atoms with Crippen LogP contribution in [0.1, 0.15) is 25.1 Å². The fourth-order valence-electron chi connectivity index (χ4n) is 3.80. The number of carbonyl (C=O) groups excluding carboxylic acids is 2. The molecule has 1 aliphatic rings. The molecular formula is C25H25F3N6O8S. The summed E-state index contributed by atoms with van der Waals surface area (Å²) in [6.45, 7) is 4.05. The van der Waals surface area contributed by atoms with Gasteiger partial charge in [-0.05, 0) is 37.3 Å². The molecule has 0 radical (unpaired) electrons. The summed E-state index contributed by atoms with van der Waals surface area (Å²) >= 11 is 0. The Balaban J connectivity index is 1.39. The Bertz CT molecular complexity index is 1620. The molecule has 0 bridgehead atoms. The van der Waals surface area contributed by atoms with Gasteiger partial charge in [-0.1, -0.05) is 29.8 Å². The molecular weight excluding hydrogens is 601 g/mol. The number of benzene rings is 2. The zero-order chi connectivity index (χ0) is 31.5. The number of hydrazine groups is 1. The van der Waals surface area contributed by atoms with E-state index in [0.29, 0.717) is 5.56 Å². The Kier molecular flexibility index (Phi) is 8.79. The second-order valence-corrected chi connectivity index (χ2v) is 11.0. The van der Waals surface area contributed by atoms with Crippen LogP contribution < -0.4 is 4.72 Å². The third-order valence-corrected chi connectivity index (χ3v) is 7.23. The molecule has 0 saturated carbocycles. The van der Waals surface area contributed by atoms with E-state index in [1.54, 1.807) is 29.0 Å². The highest BCUT2D eigenvalue weighted by Crippen LogP contribution is 2.33. The van der Waals surface area contributed by atoms with Crippen LogP contribution in [0, 0.1) is 12.1 Å². The van der Waals surface area contributed by atoms with Crippen LogP contribution in [0.25, 0.3) is 16.9 Å². The number of aryl methyl sites for hydroxylation is 1. The van der Waals surface area contributed by atoms with E-state index >= 15 is 0 Å². The molecule has 1 fully saturated rings. The summed E-state index contributed by atoms with van der Waals surface area (Å²) in [5, 5.41) is 19.8. The van der Waals surface area contributed by atoms with Gasteiger partial charge < -0.3 is 14.7 Å². The fraction of sp³-hybridized carbons (Fsp3) is 0.320. The second kappa shape index (κ2) is 12.2. The number of esters is 1. The number of nitrogens with one attached hydrogen (secondary N) is 1. The van der Waals surface area contributed by atoms with Crippen molar-refractivity contribution in [3.05, 3.63) is 71.1 Å². The van der Waals surface area contributed by atoms with Crippen molar-refractivity contribution in [2.24, 2.45) is 5.28 Å². The van der Waals surface area contributed by atoms with Crippen molar-refractivity contribution in [3.63, 3.8) is 0 Å². The maximum absolute atomic E-state index is 13.4. The van der Waals surface area contributed by atoms with Crippen LogP contribution in [0.15, 0.2) is 64.8 Å². The lowest BCUT2D eigenvalue weighted by molar-refractivity contribution is -0.728. The number of amides is 1. The highest BCUT2D eigenvalue weighted by Gasteiger charge is 2.38. The lowest BCUT2D eigenvalue weighted by atomic mass is 10.1. The average molecular weight is 627 g/mol. The van der Waals surface area contributed by atoms with Crippen molar-refractivity contribution in [2.75, 3.05) is 13.1 Å². The van der Waals surface area contributed by atoms with Crippen molar-refractivity contribution < 1.29 is 50.5 Å². The maximum Gasteiger partial charge on any atom is 0.435 e. The number of hydrogen-bond acceptors (Lipinski definition) is 10. The summed E-state index contributed by atoms with van der Waals surface area (Å²) in [6, 6.07) is 12.3. The van der Waals surface area contributed by atoms with Crippen LogP contribution in [-0.2, 0) is 35.3 Å². The normalized spacial score (nSPS) is 14.9. The minimum Gasteiger partial charge on any atom is -0.569 e. The number of halogens is 3. The average Bonchev–Trinajstić information content (AvgIpc) is 3.35. The third kappa shape index (κ3) is 7.70. The Morgan fingerprint density at radius 1 is 1.14 bits per heavy atom. The molecule has 0 spiro atoms. The summed E-state index contributed by atoms with van der Waals surface area (Å²) in [5.41, 5.74) is 0.509. The number of ether oxygens (including phenoxy) is 2. The Hall–Kier alpha value is -4.87. The minimum absolute atomic E-state index is 0.0531. The molecule has 1 unspecified atom stereocenters. The fourth-order valence-corrected chi connectivity index (χ4v) is 4.68. The van der Waals surface area contributed by atoms with Gasteiger partial charge in [-0.2, -0.15) is 18.3 Å². The predicted molar refractivity (Wildman–Crippen MR) is 139 cm³/mol. The van der Waals surface area contributed by atoms with Crippen LogP contribution in [0.2, 0.25) is 0 Å². The van der Waals surface area contributed by atoms with Crippen molar-refractivity contribution in [2.45, 2.75) is 44.2 Å². The van der Waals surface area contributed by atoms with Gasteiger partial charge in [0.1, 0.15) is 19.2 Å². The van der Waals surface area contributed by atoms with E-state index in [9.17, 15) is 36.4 Å². The Labute approximate surface area is 242 Å². The van der Waals surface area contributed by atoms with Gasteiger partial charge in [0.15, 0.2) is 5.69 Å². The molecule has 1 aromatic heterocycles. The van der Waals surface area contributed by atoms with Crippen LogP contribution in [-0.4, -0.2) is 65.7 Å². The topological polar surface area (TPSA) is 167 Å². The molecule has 14 nitrogen and oxygen atoms in total. The van der Waals surface area contributed by atoms with Crippen molar-refractivity contribution >= 4 is 22.1 Å². The molecule has 1 amide bonds. The number of hydrogen-bond donors (Lipinski definition) is 1. The number of sulfonamides is 1. The van der Waals surface area contributed by atoms with Gasteiger partial charge in [0.05, 0.1) is 21.2 Å². The number of carbonyl (C=O) groups is 2. The van der Waals surface area contributed by atoms with Crippen LogP contribution in [0.4, 0.5) is 18.0 Å². The van der Waals surface area contributed by atoms with E-state index < -0.39 is 46.4 Å². The number of aromatic nitrogens is 2. The van der Waals surface area contributed by atoms with E-state index in [1.165, 1.54) is 19.1 Å². The van der Waals surface area contributed by atoms with Gasteiger partial charge in [-0.15, -0.1) is 5.01 Å². The van der Waals surface area contributed by atoms with Crippen LogP contribution >= 0.6 is 0 Å². The molecule has 4 rings (SSSR count). The SMILES string of the molecule is CC(=O)OC(C)O/N=[N+](/[O-])N1CC(OC(=O)NS(=O)(=O)c2ccc(-n3nc(C(F)(F)F)cc3-c3ccc(C)cc3)cc2)C1. The summed E-state index contributed by atoms with van der Waals surface area (Å²) < 4.78 is 78.2. The first-order chi connectivity index (χ1) is 20.1. The van der Waals surface area contributed by atoms with Crippen molar-refractivity contribution in [1.82, 2.24) is 19.5 Å². The zero-order valence-electron chi connectivity index (χ0n) is 22.8. The number of nitrogens with zero attached hydrogens (tertiary/aromatic N) is 5. The molecule has 230 valence electrons. The summed E-state index contributed by atoms with van der Waals surface area (Å²) in [4.78, 5) is 27.4. The first kappa shape index (κ1) is 31.1. The largest absolute Gasteiger partial charge is 0.569 e. The summed E-state index contributed by atoms with van der Waals surface area (Å²) in [6.07, 6.45) is -7.99. The molecule has 18 heteroatoms. The molecule has 3 aromatic rings. The standard InChI is InChI=1S/C25H25F3N6O8S/c1-15-4-6-18(7-5-15)22-12-23(25(26,27)28)29-33(22)19-8-10-21(11-9-19)43(38,39)30-24(36)41-20-13-32(14-20)34(37)31-42-17(3)40-16(2)35/h4-12,17,20H,13-14H2,1-3H3,(H,30,36)/b34-31+.